The van der Waals surface area contributed by atoms with Crippen LogP contribution in [-0.2, 0) is 0 Å². The van der Waals surface area contributed by atoms with Gasteiger partial charge in [0, 0.05) is 23.2 Å². The van der Waals surface area contributed by atoms with E-state index in [1.54, 1.807) is 17.7 Å². The van der Waals surface area contributed by atoms with Gasteiger partial charge in [0.05, 0.1) is 12.0 Å². The van der Waals surface area contributed by atoms with Gasteiger partial charge < -0.3 is 9.64 Å². The minimum atomic E-state index is 0.682. The lowest BCUT2D eigenvalue weighted by Gasteiger charge is -2.17. The van der Waals surface area contributed by atoms with Gasteiger partial charge in [0.15, 0.2) is 0 Å². The highest BCUT2D eigenvalue weighted by molar-refractivity contribution is 7.99. The van der Waals surface area contributed by atoms with E-state index in [0.717, 1.165) is 41.0 Å². The molecule has 0 spiro atoms. The monoisotopic (exact) mass is 387 g/mol. The summed E-state index contributed by atoms with van der Waals surface area (Å²) < 4.78 is 5.56. The maximum absolute atomic E-state index is 5.56. The van der Waals surface area contributed by atoms with Crippen molar-refractivity contribution in [2.75, 3.05) is 32.0 Å². The lowest BCUT2D eigenvalue weighted by molar-refractivity contribution is 0.324. The Morgan fingerprint density at radius 1 is 1.08 bits per heavy atom. The molecule has 2 heterocycles. The molecular formula is C20H25N3OS2. The first-order valence-electron chi connectivity index (χ1n) is 9.07. The maximum Gasteiger partial charge on any atom is 0.128 e. The second kappa shape index (κ2) is 9.35. The molecule has 0 aliphatic carbocycles. The van der Waals surface area contributed by atoms with Gasteiger partial charge in [0.1, 0.15) is 21.9 Å². The predicted molar refractivity (Wildman–Crippen MR) is 113 cm³/mol. The number of rotatable bonds is 9. The van der Waals surface area contributed by atoms with Gasteiger partial charge in [-0.3, -0.25) is 0 Å². The Balaban J connectivity index is 1.85. The molecule has 2 aromatic heterocycles. The second-order valence-corrected chi connectivity index (χ2v) is 7.78. The summed E-state index contributed by atoms with van der Waals surface area (Å²) in [4.78, 5) is 12.5. The van der Waals surface area contributed by atoms with Crippen molar-refractivity contribution in [2.45, 2.75) is 25.8 Å². The third-order valence-corrected chi connectivity index (χ3v) is 6.21. The molecule has 0 fully saturated rings. The predicted octanol–water partition coefficient (Wildman–Crippen LogP) is 5.19. The van der Waals surface area contributed by atoms with Crippen molar-refractivity contribution in [3.8, 4) is 16.9 Å². The second-order valence-electron chi connectivity index (χ2n) is 5.84. The van der Waals surface area contributed by atoms with E-state index in [4.69, 9.17) is 4.74 Å². The fraction of sp³-hybridized carbons (Fsp3) is 0.400. The van der Waals surface area contributed by atoms with Crippen LogP contribution in [0.1, 0.15) is 20.8 Å². The Kier molecular flexibility index (Phi) is 6.88. The van der Waals surface area contributed by atoms with Crippen molar-refractivity contribution in [2.24, 2.45) is 0 Å². The van der Waals surface area contributed by atoms with E-state index in [2.05, 4.69) is 46.2 Å². The molecule has 6 heteroatoms. The molecule has 3 rings (SSSR count). The summed E-state index contributed by atoms with van der Waals surface area (Å²) >= 11 is 3.50. The maximum atomic E-state index is 5.56. The number of aromatic nitrogens is 2. The number of thioether (sulfide) groups is 1. The highest BCUT2D eigenvalue weighted by atomic mass is 32.2. The number of fused-ring (bicyclic) bond motifs is 1. The molecule has 0 saturated carbocycles. The molecule has 0 aliphatic heterocycles. The Labute approximate surface area is 163 Å². The molecule has 0 unspecified atom stereocenters. The summed E-state index contributed by atoms with van der Waals surface area (Å²) in [7, 11) is 0. The third kappa shape index (κ3) is 4.37. The molecular weight excluding hydrogens is 362 g/mol. The summed E-state index contributed by atoms with van der Waals surface area (Å²) in [6.07, 6.45) is 1.68. The normalized spacial score (nSPS) is 11.4. The van der Waals surface area contributed by atoms with Gasteiger partial charge in [-0.05, 0) is 37.7 Å². The Morgan fingerprint density at radius 2 is 1.85 bits per heavy atom. The van der Waals surface area contributed by atoms with Gasteiger partial charge in [-0.2, -0.15) is 0 Å². The number of ether oxygens (including phenoxy) is 1. The van der Waals surface area contributed by atoms with E-state index < -0.39 is 0 Å². The van der Waals surface area contributed by atoms with E-state index in [-0.39, 0.29) is 0 Å². The van der Waals surface area contributed by atoms with Crippen molar-refractivity contribution in [3.05, 3.63) is 36.0 Å². The minimum Gasteiger partial charge on any atom is -0.494 e. The smallest absolute Gasteiger partial charge is 0.128 e. The largest absolute Gasteiger partial charge is 0.494 e. The molecule has 0 aliphatic rings. The molecule has 0 amide bonds. The van der Waals surface area contributed by atoms with Crippen LogP contribution in [0.15, 0.2) is 41.0 Å². The lowest BCUT2D eigenvalue weighted by Crippen LogP contribution is -2.25. The summed E-state index contributed by atoms with van der Waals surface area (Å²) in [5, 5.41) is 4.43. The summed E-state index contributed by atoms with van der Waals surface area (Å²) in [5.74, 6) is 1.94. The van der Waals surface area contributed by atoms with Crippen molar-refractivity contribution in [1.82, 2.24) is 14.9 Å². The summed E-state index contributed by atoms with van der Waals surface area (Å²) in [5.41, 5.74) is 2.39. The Bertz CT molecular complexity index is 829. The first-order valence-corrected chi connectivity index (χ1v) is 10.9. The van der Waals surface area contributed by atoms with Gasteiger partial charge in [0.25, 0.3) is 0 Å². The van der Waals surface area contributed by atoms with Crippen LogP contribution in [0.5, 0.6) is 5.75 Å². The van der Waals surface area contributed by atoms with Crippen LogP contribution >= 0.6 is 23.1 Å². The van der Waals surface area contributed by atoms with Crippen LogP contribution in [0.3, 0.4) is 0 Å². The van der Waals surface area contributed by atoms with Crippen LogP contribution in [0, 0.1) is 0 Å². The molecule has 0 radical (unpaired) electrons. The topological polar surface area (TPSA) is 38.3 Å². The molecule has 3 aromatic rings. The van der Waals surface area contributed by atoms with Crippen LogP contribution in [0.4, 0.5) is 0 Å². The molecule has 0 bridgehead atoms. The van der Waals surface area contributed by atoms with Gasteiger partial charge in [-0.15, -0.1) is 23.1 Å². The third-order valence-electron chi connectivity index (χ3n) is 4.35. The fourth-order valence-electron chi connectivity index (χ4n) is 2.88. The zero-order valence-electron chi connectivity index (χ0n) is 15.6. The van der Waals surface area contributed by atoms with Crippen molar-refractivity contribution >= 4 is 33.3 Å². The fourth-order valence-corrected chi connectivity index (χ4v) is 4.87. The quantitative estimate of drug-likeness (QED) is 0.373. The van der Waals surface area contributed by atoms with E-state index in [1.807, 2.05) is 30.8 Å². The molecule has 1 aromatic carbocycles. The molecule has 4 nitrogen and oxygen atoms in total. The van der Waals surface area contributed by atoms with E-state index >= 15 is 0 Å². The van der Waals surface area contributed by atoms with Gasteiger partial charge >= 0.3 is 0 Å². The van der Waals surface area contributed by atoms with E-state index in [9.17, 15) is 0 Å². The van der Waals surface area contributed by atoms with Gasteiger partial charge in [-0.25, -0.2) is 9.97 Å². The number of hydrogen-bond donors (Lipinski definition) is 0. The van der Waals surface area contributed by atoms with Crippen molar-refractivity contribution < 1.29 is 4.74 Å². The average Bonchev–Trinajstić information content (AvgIpc) is 3.11. The Hall–Kier alpha value is -1.63. The zero-order chi connectivity index (χ0) is 18.4. The number of thiophene rings is 1. The number of hydrogen-bond acceptors (Lipinski definition) is 6. The molecule has 138 valence electrons. The van der Waals surface area contributed by atoms with Crippen molar-refractivity contribution in [3.63, 3.8) is 0 Å². The van der Waals surface area contributed by atoms with Crippen LogP contribution in [-0.4, -0.2) is 46.9 Å². The van der Waals surface area contributed by atoms with Crippen LogP contribution in [0.25, 0.3) is 21.3 Å². The highest BCUT2D eigenvalue weighted by Crippen LogP contribution is 2.38. The average molecular weight is 388 g/mol. The molecule has 0 N–H and O–H groups in total. The van der Waals surface area contributed by atoms with Crippen LogP contribution in [0.2, 0.25) is 0 Å². The first-order chi connectivity index (χ1) is 12.8. The minimum absolute atomic E-state index is 0.682. The first kappa shape index (κ1) is 19.1. The summed E-state index contributed by atoms with van der Waals surface area (Å²) in [6.45, 7) is 10.4. The molecule has 0 saturated heterocycles. The summed E-state index contributed by atoms with van der Waals surface area (Å²) in [6, 6.07) is 8.28. The number of nitrogens with zero attached hydrogens (tertiary/aromatic N) is 3. The van der Waals surface area contributed by atoms with Gasteiger partial charge in [-0.1, -0.05) is 26.0 Å². The zero-order valence-corrected chi connectivity index (χ0v) is 17.2. The molecule has 26 heavy (non-hydrogen) atoms. The van der Waals surface area contributed by atoms with Crippen LogP contribution < -0.4 is 4.74 Å². The Morgan fingerprint density at radius 3 is 2.54 bits per heavy atom. The standard InChI is InChI=1S/C20H25N3OS2/c1-4-23(5-2)11-12-25-19-18-17(13-26-20(18)22-14-21-19)15-7-9-16(10-8-15)24-6-3/h7-10,13-14H,4-6,11-12H2,1-3H3. The molecule has 0 atom stereocenters. The SMILES string of the molecule is CCOc1ccc(-c2csc3ncnc(SCCN(CC)CC)c23)cc1. The lowest BCUT2D eigenvalue weighted by atomic mass is 10.1. The van der Waals surface area contributed by atoms with E-state index in [1.165, 1.54) is 16.5 Å². The van der Waals surface area contributed by atoms with Gasteiger partial charge in [0.2, 0.25) is 0 Å². The van der Waals surface area contributed by atoms with E-state index in [0.29, 0.717) is 6.61 Å². The highest BCUT2D eigenvalue weighted by Gasteiger charge is 2.14. The number of benzene rings is 1. The van der Waals surface area contributed by atoms with Crippen molar-refractivity contribution in [1.29, 1.82) is 0 Å².